The van der Waals surface area contributed by atoms with E-state index in [0.717, 1.165) is 24.2 Å². The van der Waals surface area contributed by atoms with E-state index in [9.17, 15) is 13.2 Å². The summed E-state index contributed by atoms with van der Waals surface area (Å²) in [4.78, 5) is 19.3. The number of sulfonamides is 1. The number of carbonyl (C=O) groups is 1. The van der Waals surface area contributed by atoms with Crippen LogP contribution in [-0.2, 0) is 26.8 Å². The Morgan fingerprint density at radius 1 is 1.26 bits per heavy atom. The summed E-state index contributed by atoms with van der Waals surface area (Å²) in [6, 6.07) is 7.65. The summed E-state index contributed by atoms with van der Waals surface area (Å²) in [6.07, 6.45) is 4.17. The van der Waals surface area contributed by atoms with E-state index < -0.39 is 15.4 Å². The van der Waals surface area contributed by atoms with E-state index in [1.165, 1.54) is 10.6 Å². The summed E-state index contributed by atoms with van der Waals surface area (Å²) in [7, 11) is 0.201. The molecule has 1 saturated heterocycles. The van der Waals surface area contributed by atoms with Crippen LogP contribution in [0.3, 0.4) is 0 Å². The number of ether oxygens (including phenoxy) is 1. The Morgan fingerprint density at radius 2 is 1.90 bits per heavy atom. The normalized spacial score (nSPS) is 19.2. The highest BCUT2D eigenvalue weighted by atomic mass is 32.2. The number of rotatable bonds is 7. The molecule has 1 aromatic carbocycles. The van der Waals surface area contributed by atoms with Crippen molar-refractivity contribution in [3.05, 3.63) is 41.5 Å². The van der Waals surface area contributed by atoms with Gasteiger partial charge in [-0.3, -0.25) is 4.79 Å². The summed E-state index contributed by atoms with van der Waals surface area (Å²) >= 11 is 0. The molecule has 1 saturated carbocycles. The van der Waals surface area contributed by atoms with Crippen LogP contribution in [0.2, 0.25) is 0 Å². The minimum atomic E-state index is -3.17. The molecule has 0 bridgehead atoms. The van der Waals surface area contributed by atoms with E-state index in [4.69, 9.17) is 9.26 Å². The van der Waals surface area contributed by atoms with Crippen molar-refractivity contribution in [2.24, 2.45) is 0 Å². The predicted octanol–water partition coefficient (Wildman–Crippen LogP) is 1.91. The van der Waals surface area contributed by atoms with Gasteiger partial charge in [0, 0.05) is 26.1 Å². The molecule has 0 spiro atoms. The summed E-state index contributed by atoms with van der Waals surface area (Å²) in [5.41, 5.74) is 0.511. The van der Waals surface area contributed by atoms with Gasteiger partial charge in [-0.1, -0.05) is 17.3 Å². The first-order chi connectivity index (χ1) is 14.7. The monoisotopic (exact) mass is 448 g/mol. The van der Waals surface area contributed by atoms with Crippen molar-refractivity contribution in [2.75, 3.05) is 33.5 Å². The Bertz CT molecular complexity index is 1040. The van der Waals surface area contributed by atoms with Crippen LogP contribution in [0.25, 0.3) is 0 Å². The van der Waals surface area contributed by atoms with Crippen molar-refractivity contribution in [3.63, 3.8) is 0 Å². The van der Waals surface area contributed by atoms with E-state index in [0.29, 0.717) is 37.6 Å². The summed E-state index contributed by atoms with van der Waals surface area (Å²) in [5, 5.41) is 4.09. The highest BCUT2D eigenvalue weighted by Gasteiger charge is 2.52. The largest absolute Gasteiger partial charge is 0.497 e. The van der Waals surface area contributed by atoms with Gasteiger partial charge in [-0.05, 0) is 43.4 Å². The molecule has 1 aliphatic heterocycles. The van der Waals surface area contributed by atoms with Crippen LogP contribution in [0.5, 0.6) is 5.75 Å². The molecule has 0 N–H and O–H groups in total. The molecule has 0 atom stereocenters. The molecule has 168 valence electrons. The van der Waals surface area contributed by atoms with Gasteiger partial charge in [0.1, 0.15) is 5.75 Å². The number of nitrogens with zero attached hydrogens (tertiary/aromatic N) is 4. The zero-order valence-electron chi connectivity index (χ0n) is 18.1. The van der Waals surface area contributed by atoms with E-state index in [2.05, 4.69) is 10.1 Å². The highest BCUT2D eigenvalue weighted by molar-refractivity contribution is 7.88. The maximum atomic E-state index is 13.2. The summed E-state index contributed by atoms with van der Waals surface area (Å²) < 4.78 is 35.4. The zero-order chi connectivity index (χ0) is 22.2. The molecule has 2 heterocycles. The average molecular weight is 449 g/mol. The molecule has 0 radical (unpaired) electrons. The Labute approximate surface area is 182 Å². The van der Waals surface area contributed by atoms with E-state index >= 15 is 0 Å². The topological polar surface area (TPSA) is 106 Å². The van der Waals surface area contributed by atoms with Gasteiger partial charge in [0.2, 0.25) is 21.8 Å². The van der Waals surface area contributed by atoms with Crippen molar-refractivity contribution < 1.29 is 22.5 Å². The summed E-state index contributed by atoms with van der Waals surface area (Å²) in [6.45, 7) is 1.15. The lowest BCUT2D eigenvalue weighted by atomic mass is 9.94. The Hall–Kier alpha value is -2.46. The molecule has 2 aliphatic rings. The molecule has 31 heavy (non-hydrogen) atoms. The van der Waals surface area contributed by atoms with Crippen LogP contribution >= 0.6 is 0 Å². The van der Waals surface area contributed by atoms with Crippen LogP contribution in [0.15, 0.2) is 28.8 Å². The quantitative estimate of drug-likeness (QED) is 0.637. The van der Waals surface area contributed by atoms with Gasteiger partial charge in [0.25, 0.3) is 0 Å². The fraction of sp³-hybridized carbons (Fsp3) is 0.571. The number of methoxy groups -OCH3 is 1. The lowest BCUT2D eigenvalue weighted by Gasteiger charge is -2.28. The molecular weight excluding hydrogens is 420 g/mol. The molecule has 0 unspecified atom stereocenters. The second kappa shape index (κ2) is 8.23. The van der Waals surface area contributed by atoms with Crippen molar-refractivity contribution in [1.82, 2.24) is 19.3 Å². The molecule has 9 nitrogen and oxygen atoms in total. The van der Waals surface area contributed by atoms with Crippen molar-refractivity contribution in [2.45, 2.75) is 43.6 Å². The first-order valence-electron chi connectivity index (χ1n) is 10.4. The molecule has 1 aliphatic carbocycles. The van der Waals surface area contributed by atoms with E-state index in [1.807, 2.05) is 24.3 Å². The molecule has 2 aromatic rings. The number of benzene rings is 1. The van der Waals surface area contributed by atoms with Crippen LogP contribution in [0.1, 0.15) is 48.9 Å². The van der Waals surface area contributed by atoms with Crippen LogP contribution in [-0.4, -0.2) is 67.2 Å². The van der Waals surface area contributed by atoms with E-state index in [-0.39, 0.29) is 18.4 Å². The highest BCUT2D eigenvalue weighted by Crippen LogP contribution is 2.49. The number of hydrogen-bond acceptors (Lipinski definition) is 7. The number of amides is 1. The first-order valence-corrected chi connectivity index (χ1v) is 12.3. The number of carbonyl (C=O) groups excluding carboxylic acids is 1. The van der Waals surface area contributed by atoms with Gasteiger partial charge in [-0.15, -0.1) is 0 Å². The molecule has 4 rings (SSSR count). The fourth-order valence-electron chi connectivity index (χ4n) is 4.24. The average Bonchev–Trinajstić information content (AvgIpc) is 3.45. The standard InChI is InChI=1S/C21H28N4O5S/c1-24(20(26)21(10-11-21)16-4-6-17(29-2)7-5-16)14-18-22-19(23-30-18)15-8-12-25(13-9-15)31(3,27)28/h4-7,15H,8-14H2,1-3H3. The van der Waals surface area contributed by atoms with Crippen LogP contribution in [0.4, 0.5) is 0 Å². The SMILES string of the molecule is COc1ccc(C2(C(=O)N(C)Cc3nc(C4CCN(S(C)(=O)=O)CC4)no3)CC2)cc1. The van der Waals surface area contributed by atoms with Crippen molar-refractivity contribution >= 4 is 15.9 Å². The van der Waals surface area contributed by atoms with Gasteiger partial charge < -0.3 is 14.2 Å². The number of hydrogen-bond donors (Lipinski definition) is 0. The second-order valence-electron chi connectivity index (χ2n) is 8.45. The zero-order valence-corrected chi connectivity index (χ0v) is 18.9. The van der Waals surface area contributed by atoms with Gasteiger partial charge in [-0.25, -0.2) is 12.7 Å². The van der Waals surface area contributed by atoms with Crippen LogP contribution < -0.4 is 4.74 Å². The Kier molecular flexibility index (Phi) is 5.78. The lowest BCUT2D eigenvalue weighted by molar-refractivity contribution is -0.133. The smallest absolute Gasteiger partial charge is 0.246 e. The lowest BCUT2D eigenvalue weighted by Crippen LogP contribution is -2.37. The first kappa shape index (κ1) is 21.8. The van der Waals surface area contributed by atoms with Crippen molar-refractivity contribution in [3.8, 4) is 5.75 Å². The van der Waals surface area contributed by atoms with Gasteiger partial charge in [0.15, 0.2) is 5.82 Å². The number of likely N-dealkylation sites (N-methyl/N-ethyl adjacent to an activating group) is 1. The number of aromatic nitrogens is 2. The Morgan fingerprint density at radius 3 is 2.45 bits per heavy atom. The minimum Gasteiger partial charge on any atom is -0.497 e. The fourth-order valence-corrected chi connectivity index (χ4v) is 5.12. The van der Waals surface area contributed by atoms with E-state index in [1.54, 1.807) is 19.1 Å². The van der Waals surface area contributed by atoms with Crippen LogP contribution in [0, 0.1) is 0 Å². The molecule has 2 fully saturated rings. The van der Waals surface area contributed by atoms with Gasteiger partial charge in [-0.2, -0.15) is 4.98 Å². The maximum absolute atomic E-state index is 13.2. The maximum Gasteiger partial charge on any atom is 0.246 e. The summed E-state index contributed by atoms with van der Waals surface area (Å²) in [5.74, 6) is 1.84. The number of piperidine rings is 1. The third-order valence-corrected chi connectivity index (χ3v) is 7.60. The predicted molar refractivity (Wildman–Crippen MR) is 113 cm³/mol. The van der Waals surface area contributed by atoms with Gasteiger partial charge in [0.05, 0.1) is 25.3 Å². The Balaban J connectivity index is 1.38. The van der Waals surface area contributed by atoms with Gasteiger partial charge >= 0.3 is 0 Å². The molecule has 1 aromatic heterocycles. The third-order valence-electron chi connectivity index (χ3n) is 6.29. The van der Waals surface area contributed by atoms with Crippen molar-refractivity contribution in [1.29, 1.82) is 0 Å². The molecule has 10 heteroatoms. The molecular formula is C21H28N4O5S. The molecule has 1 amide bonds. The third kappa shape index (κ3) is 4.45. The minimum absolute atomic E-state index is 0.0406. The second-order valence-corrected chi connectivity index (χ2v) is 10.4.